The number of hydrogen-bond acceptors (Lipinski definition) is 7. The van der Waals surface area contributed by atoms with Gasteiger partial charge in [-0.15, -0.1) is 0 Å². The van der Waals surface area contributed by atoms with E-state index in [-0.39, 0.29) is 19.2 Å². The van der Waals surface area contributed by atoms with Crippen molar-refractivity contribution in [2.24, 2.45) is 0 Å². The number of carbonyl (C=O) groups is 1. The first-order valence-corrected chi connectivity index (χ1v) is 6.14. The van der Waals surface area contributed by atoms with Crippen molar-refractivity contribution in [1.82, 2.24) is 4.90 Å². The Morgan fingerprint density at radius 3 is 2.31 bits per heavy atom. The summed E-state index contributed by atoms with van der Waals surface area (Å²) in [6.45, 7) is 4.61. The molecule has 0 aliphatic carbocycles. The van der Waals surface area contributed by atoms with Gasteiger partial charge in [-0.2, -0.15) is 0 Å². The third-order valence-corrected chi connectivity index (χ3v) is 2.25. The Bertz CT molecular complexity index is 302. The molecule has 0 saturated carbocycles. The van der Waals surface area contributed by atoms with Crippen LogP contribution in [0.4, 0.5) is 0 Å². The second-order valence-electron chi connectivity index (χ2n) is 3.00. The first-order valence-electron chi connectivity index (χ1n) is 4.81. The van der Waals surface area contributed by atoms with E-state index < -0.39 is 10.4 Å². The number of esters is 1. The largest absolute Gasteiger partial charge is 0.726 e. The van der Waals surface area contributed by atoms with Crippen molar-refractivity contribution in [2.45, 2.75) is 13.8 Å². The van der Waals surface area contributed by atoms with Crippen LogP contribution in [-0.2, 0) is 24.1 Å². The highest BCUT2D eigenvalue weighted by atomic mass is 32.3. The molecular formula is C8H16NO6S-. The molecule has 0 saturated heterocycles. The van der Waals surface area contributed by atoms with Crippen molar-refractivity contribution in [2.75, 3.05) is 32.8 Å². The molecule has 7 nitrogen and oxygen atoms in total. The summed E-state index contributed by atoms with van der Waals surface area (Å²) >= 11 is 0. The van der Waals surface area contributed by atoms with E-state index >= 15 is 0 Å². The molecule has 0 aliphatic rings. The lowest BCUT2D eigenvalue weighted by Gasteiger charge is -2.20. The minimum atomic E-state index is -4.62. The van der Waals surface area contributed by atoms with Crippen LogP contribution in [0.5, 0.6) is 0 Å². The van der Waals surface area contributed by atoms with Crippen LogP contribution < -0.4 is 0 Å². The summed E-state index contributed by atoms with van der Waals surface area (Å²) in [4.78, 5) is 12.3. The van der Waals surface area contributed by atoms with Crippen LogP contribution in [0, 0.1) is 0 Å². The van der Waals surface area contributed by atoms with Gasteiger partial charge in [0, 0.05) is 20.0 Å². The third kappa shape index (κ3) is 9.84. The van der Waals surface area contributed by atoms with E-state index in [4.69, 9.17) is 4.74 Å². The van der Waals surface area contributed by atoms with Gasteiger partial charge in [-0.3, -0.25) is 13.9 Å². The van der Waals surface area contributed by atoms with Crippen LogP contribution >= 0.6 is 0 Å². The van der Waals surface area contributed by atoms with Gasteiger partial charge in [-0.1, -0.05) is 6.92 Å². The molecule has 0 aliphatic heterocycles. The van der Waals surface area contributed by atoms with Gasteiger partial charge in [0.15, 0.2) is 0 Å². The molecule has 0 atom stereocenters. The lowest BCUT2D eigenvalue weighted by molar-refractivity contribution is -0.141. The summed E-state index contributed by atoms with van der Waals surface area (Å²) in [5.41, 5.74) is 0. The van der Waals surface area contributed by atoms with Gasteiger partial charge in [0.05, 0.1) is 6.61 Å². The molecule has 0 radical (unpaired) electrons. The molecule has 96 valence electrons. The number of rotatable bonds is 8. The van der Waals surface area contributed by atoms with Crippen molar-refractivity contribution >= 4 is 16.4 Å². The maximum Gasteiger partial charge on any atom is 0.302 e. The van der Waals surface area contributed by atoms with E-state index in [1.54, 1.807) is 4.90 Å². The second kappa shape index (κ2) is 7.55. The molecule has 0 N–H and O–H groups in total. The molecule has 0 fully saturated rings. The zero-order valence-corrected chi connectivity index (χ0v) is 10.2. The molecular weight excluding hydrogens is 238 g/mol. The Morgan fingerprint density at radius 1 is 1.31 bits per heavy atom. The molecule has 0 bridgehead atoms. The number of likely N-dealkylation sites (N-methyl/N-ethyl adjacent to an activating group) is 1. The Hall–Kier alpha value is -0.700. The summed E-state index contributed by atoms with van der Waals surface area (Å²) in [5.74, 6) is -0.366. The molecule has 8 heteroatoms. The van der Waals surface area contributed by atoms with Crippen LogP contribution in [0.25, 0.3) is 0 Å². The predicted molar refractivity (Wildman–Crippen MR) is 54.4 cm³/mol. The maximum absolute atomic E-state index is 10.5. The van der Waals surface area contributed by atoms with Crippen LogP contribution in [0.2, 0.25) is 0 Å². The summed E-state index contributed by atoms with van der Waals surface area (Å²) < 4.78 is 39.2. The SMILES string of the molecule is CCN(CCOC(C)=O)CCOS(=O)(=O)[O-]. The van der Waals surface area contributed by atoms with Crippen molar-refractivity contribution in [3.63, 3.8) is 0 Å². The minimum Gasteiger partial charge on any atom is -0.726 e. The lowest BCUT2D eigenvalue weighted by atomic mass is 10.5. The van der Waals surface area contributed by atoms with Crippen molar-refractivity contribution in [3.8, 4) is 0 Å². The maximum atomic E-state index is 10.5. The zero-order valence-electron chi connectivity index (χ0n) is 9.34. The monoisotopic (exact) mass is 254 g/mol. The highest BCUT2D eigenvalue weighted by molar-refractivity contribution is 7.80. The van der Waals surface area contributed by atoms with E-state index in [2.05, 4.69) is 4.18 Å². The standard InChI is InChI=1S/C8H17NO6S/c1-3-9(4-6-14-8(2)10)5-7-15-16(11,12)13/h3-7H2,1-2H3,(H,11,12,13)/p-1. The van der Waals surface area contributed by atoms with Gasteiger partial charge in [-0.05, 0) is 6.54 Å². The minimum absolute atomic E-state index is 0.195. The van der Waals surface area contributed by atoms with E-state index in [9.17, 15) is 17.8 Å². The molecule has 0 aromatic carbocycles. The lowest BCUT2D eigenvalue weighted by Crippen LogP contribution is -2.31. The van der Waals surface area contributed by atoms with Gasteiger partial charge < -0.3 is 9.29 Å². The van der Waals surface area contributed by atoms with Crippen molar-refractivity contribution in [3.05, 3.63) is 0 Å². The Balaban J connectivity index is 3.71. The number of nitrogens with zero attached hydrogens (tertiary/aromatic N) is 1. The fourth-order valence-corrected chi connectivity index (χ4v) is 1.29. The quantitative estimate of drug-likeness (QED) is 0.322. The normalized spacial score (nSPS) is 11.8. The zero-order chi connectivity index (χ0) is 12.6. The Morgan fingerprint density at radius 2 is 1.88 bits per heavy atom. The van der Waals surface area contributed by atoms with E-state index in [1.807, 2.05) is 6.92 Å². The second-order valence-corrected chi connectivity index (χ2v) is 4.06. The first-order chi connectivity index (χ1) is 7.35. The molecule has 16 heavy (non-hydrogen) atoms. The molecule has 0 rings (SSSR count). The van der Waals surface area contributed by atoms with Crippen LogP contribution in [0.1, 0.15) is 13.8 Å². The highest BCUT2D eigenvalue weighted by Gasteiger charge is 2.04. The fraction of sp³-hybridized carbons (Fsp3) is 0.875. The Labute approximate surface area is 95.3 Å². The van der Waals surface area contributed by atoms with E-state index in [0.29, 0.717) is 19.6 Å². The summed E-state index contributed by atoms with van der Waals surface area (Å²) in [6, 6.07) is 0. The van der Waals surface area contributed by atoms with Crippen LogP contribution in [0.3, 0.4) is 0 Å². The van der Waals surface area contributed by atoms with Crippen molar-refractivity contribution < 1.29 is 26.7 Å². The van der Waals surface area contributed by atoms with Gasteiger partial charge in [0.25, 0.3) is 0 Å². The molecule has 0 aromatic heterocycles. The topological polar surface area (TPSA) is 96.0 Å². The number of hydrogen-bond donors (Lipinski definition) is 0. The van der Waals surface area contributed by atoms with Gasteiger partial charge >= 0.3 is 5.97 Å². The fourth-order valence-electron chi connectivity index (χ4n) is 1.01. The average Bonchev–Trinajstić information content (AvgIpc) is 2.13. The number of ether oxygens (including phenoxy) is 1. The molecule has 0 heterocycles. The molecule has 0 unspecified atom stereocenters. The number of carbonyl (C=O) groups excluding carboxylic acids is 1. The van der Waals surface area contributed by atoms with Crippen LogP contribution in [-0.4, -0.2) is 56.7 Å². The smallest absolute Gasteiger partial charge is 0.302 e. The van der Waals surface area contributed by atoms with E-state index in [1.165, 1.54) is 6.92 Å². The molecule has 0 spiro atoms. The van der Waals surface area contributed by atoms with Crippen LogP contribution in [0.15, 0.2) is 0 Å². The van der Waals surface area contributed by atoms with Gasteiger partial charge in [-0.25, -0.2) is 8.42 Å². The van der Waals surface area contributed by atoms with E-state index in [0.717, 1.165) is 0 Å². The average molecular weight is 254 g/mol. The first kappa shape index (κ1) is 15.3. The van der Waals surface area contributed by atoms with Gasteiger partial charge in [0.2, 0.25) is 10.4 Å². The third-order valence-electron chi connectivity index (χ3n) is 1.80. The predicted octanol–water partition coefficient (Wildman–Crippen LogP) is -0.652. The van der Waals surface area contributed by atoms with Gasteiger partial charge in [0.1, 0.15) is 6.61 Å². The summed E-state index contributed by atoms with van der Waals surface area (Å²) in [5, 5.41) is 0. The molecule has 0 amide bonds. The Kier molecular flexibility index (Phi) is 7.22. The van der Waals surface area contributed by atoms with Crippen molar-refractivity contribution in [1.29, 1.82) is 0 Å². The molecule has 0 aromatic rings. The summed E-state index contributed by atoms with van der Waals surface area (Å²) in [6.07, 6.45) is 0. The summed E-state index contributed by atoms with van der Waals surface area (Å²) in [7, 11) is -4.62. The highest BCUT2D eigenvalue weighted by Crippen LogP contribution is 1.92.